The van der Waals surface area contributed by atoms with Gasteiger partial charge in [0.2, 0.25) is 0 Å². The first-order chi connectivity index (χ1) is 6.42. The van der Waals surface area contributed by atoms with E-state index in [0.717, 1.165) is 7.11 Å². The van der Waals surface area contributed by atoms with E-state index in [1.165, 1.54) is 0 Å². The molecule has 5 N–H and O–H groups in total. The molecule has 0 fully saturated rings. The molecule has 0 aliphatic heterocycles. The number of hydrogen-bond donors (Lipinski definition) is 3. The van der Waals surface area contributed by atoms with Gasteiger partial charge >= 0.3 is 11.9 Å². The molecule has 0 spiro atoms. The third-order valence-corrected chi connectivity index (χ3v) is 0.427. The number of nitrogens with two attached hydrogens (primary N) is 2. The number of carboxylic acids is 1. The van der Waals surface area contributed by atoms with Crippen LogP contribution in [0.2, 0.25) is 0 Å². The van der Waals surface area contributed by atoms with Crippen LogP contribution in [0.5, 0.6) is 0 Å². The lowest BCUT2D eigenvalue weighted by Gasteiger charge is -1.87. The maximum atomic E-state index is 10.1. The van der Waals surface area contributed by atoms with Gasteiger partial charge in [0.1, 0.15) is 0 Å². The highest BCUT2D eigenvalue weighted by molar-refractivity contribution is 5.71. The van der Waals surface area contributed by atoms with Gasteiger partial charge in [-0.3, -0.25) is 9.59 Å². The molecular weight excluding hydrogens is 152 g/mol. The molecule has 0 aromatic rings. The molecule has 0 atom stereocenters. The number of ether oxygens (including phenoxy) is 1. The number of aliphatic carboxylic acids is 1. The van der Waals surface area contributed by atoms with Gasteiger partial charge in [-0.1, -0.05) is 0 Å². The number of carboxylic acid groups (broad SMARTS) is 1. The zero-order chi connectivity index (χ0) is 12.9. The van der Waals surface area contributed by atoms with E-state index >= 15 is 0 Å². The number of carbonyl (C=O) groups excluding carboxylic acids is 1. The predicted molar refractivity (Wildman–Crippen MR) is 37.8 cm³/mol. The van der Waals surface area contributed by atoms with E-state index in [-0.39, 0.29) is 0 Å². The summed E-state index contributed by atoms with van der Waals surface area (Å²) in [5, 5.41) is 7.75. The summed E-state index contributed by atoms with van der Waals surface area (Å²) in [4.78, 5) is 19.6. The molecule has 0 aliphatic rings. The van der Waals surface area contributed by atoms with Crippen LogP contribution in [0, 0.1) is 0 Å². The van der Waals surface area contributed by atoms with Gasteiger partial charge in [0.15, 0.2) is 0 Å². The molecule has 11 heavy (non-hydrogen) atoms. The first-order valence-electron chi connectivity index (χ1n) is 4.32. The molecule has 0 unspecified atom stereocenters. The van der Waals surface area contributed by atoms with Crippen molar-refractivity contribution in [2.24, 2.45) is 11.5 Å². The summed E-state index contributed by atoms with van der Waals surface area (Å²) in [6.07, 6.45) is 0. The van der Waals surface area contributed by atoms with E-state index < -0.39 is 24.9 Å². The quantitative estimate of drug-likeness (QED) is 0.421. The van der Waals surface area contributed by atoms with Gasteiger partial charge in [-0.2, -0.15) is 0 Å². The smallest absolute Gasteiger partial charge is 0.319 e. The first kappa shape index (κ1) is 5.50. The Kier molecular flexibility index (Phi) is 4.43. The molecule has 0 radical (unpaired) electrons. The first-order valence-corrected chi connectivity index (χ1v) is 2.32. The Morgan fingerprint density at radius 3 is 1.91 bits per heavy atom. The van der Waals surface area contributed by atoms with Crippen LogP contribution in [0.1, 0.15) is 5.48 Å². The number of esters is 1. The minimum Gasteiger partial charge on any atom is -0.480 e. The highest BCUT2D eigenvalue weighted by Gasteiger charge is 1.87. The van der Waals surface area contributed by atoms with Crippen molar-refractivity contribution in [2.75, 3.05) is 20.1 Å². The topological polar surface area (TPSA) is 116 Å². The Hall–Kier alpha value is -1.14. The third-order valence-electron chi connectivity index (χ3n) is 0.427. The standard InChI is InChI=1S/C3H7NO2.C2H5NO2/c1-6-3(5)2-4;3-1-2(4)5/h2,4H2,1H3;1,3H2,(H,4,5)/i2T2;1T2. The van der Waals surface area contributed by atoms with Gasteiger partial charge in [-0.15, -0.1) is 0 Å². The van der Waals surface area contributed by atoms with Gasteiger partial charge in [0.05, 0.1) is 25.6 Å². The number of hydrogen-bond acceptors (Lipinski definition) is 5. The van der Waals surface area contributed by atoms with Crippen LogP contribution in [-0.4, -0.2) is 37.1 Å². The SMILES string of the molecule is [3H]C([3H])(N)C(=O)O.[3H]C([3H])(N)C(=O)OC. The van der Waals surface area contributed by atoms with Crippen LogP contribution in [0.4, 0.5) is 0 Å². The van der Waals surface area contributed by atoms with Crippen LogP contribution in [0.15, 0.2) is 0 Å². The normalized spacial score (nSPS) is 15.5. The van der Waals surface area contributed by atoms with Crippen LogP contribution in [0.3, 0.4) is 0 Å². The number of rotatable bonds is 2. The molecule has 0 aromatic heterocycles. The van der Waals surface area contributed by atoms with Crippen LogP contribution in [0.25, 0.3) is 0 Å². The average molecular weight is 172 g/mol. The zero-order valence-corrected chi connectivity index (χ0v) is 5.83. The summed E-state index contributed by atoms with van der Waals surface area (Å²) in [7, 11) is 1.08. The summed E-state index contributed by atoms with van der Waals surface area (Å²) in [6.45, 7) is -4.94. The molecule has 6 nitrogen and oxygen atoms in total. The van der Waals surface area contributed by atoms with Crippen molar-refractivity contribution in [3.05, 3.63) is 0 Å². The molecule has 0 amide bonds. The van der Waals surface area contributed by atoms with E-state index in [1.807, 2.05) is 0 Å². The summed E-state index contributed by atoms with van der Waals surface area (Å²) in [6, 6.07) is 0. The van der Waals surface area contributed by atoms with Crippen LogP contribution < -0.4 is 11.5 Å². The van der Waals surface area contributed by atoms with Crippen LogP contribution >= 0.6 is 0 Å². The maximum Gasteiger partial charge on any atom is 0.319 e. The second-order valence-corrected chi connectivity index (χ2v) is 1.09. The van der Waals surface area contributed by atoms with Gasteiger partial charge in [-0.05, 0) is 0 Å². The lowest BCUT2D eigenvalue weighted by Crippen LogP contribution is -2.14. The predicted octanol–water partition coefficient (Wildman–Crippen LogP) is -1.85. The minimum absolute atomic E-state index is 1.06. The zero-order valence-electron chi connectivity index (χ0n) is 9.83. The van der Waals surface area contributed by atoms with E-state index in [9.17, 15) is 9.59 Å². The third kappa shape index (κ3) is 17.7. The Balaban J connectivity index is 0. The van der Waals surface area contributed by atoms with Crippen molar-refractivity contribution in [1.82, 2.24) is 0 Å². The number of methoxy groups -OCH3 is 1. The van der Waals surface area contributed by atoms with Crippen molar-refractivity contribution in [1.29, 1.82) is 0 Å². The van der Waals surface area contributed by atoms with E-state index in [1.54, 1.807) is 0 Å². The lowest BCUT2D eigenvalue weighted by atomic mass is 10.7. The van der Waals surface area contributed by atoms with Crippen molar-refractivity contribution in [3.63, 3.8) is 0 Å². The van der Waals surface area contributed by atoms with Crippen molar-refractivity contribution in [3.8, 4) is 0 Å². The molecule has 0 saturated carbocycles. The van der Waals surface area contributed by atoms with Gasteiger partial charge < -0.3 is 21.3 Å². The fourth-order valence-corrected chi connectivity index (χ4v) is 0.0589. The molecule has 0 bridgehead atoms. The molecule has 0 heterocycles. The van der Waals surface area contributed by atoms with Gasteiger partial charge in [0.25, 0.3) is 0 Å². The highest BCUT2D eigenvalue weighted by Crippen LogP contribution is 1.61. The minimum atomic E-state index is -2.58. The monoisotopic (exact) mass is 172 g/mol. The van der Waals surface area contributed by atoms with Crippen molar-refractivity contribution in [2.45, 2.75) is 0 Å². The second kappa shape index (κ2) is 8.86. The Bertz CT molecular complexity index is 234. The molecule has 0 saturated heterocycles. The Morgan fingerprint density at radius 1 is 1.55 bits per heavy atom. The average Bonchev–Trinajstić information content (AvgIpc) is 2.00. The molecular formula is C5H12N2O4. The fourth-order valence-electron chi connectivity index (χ4n) is 0.0589. The number of carbonyl (C=O) groups is 2. The van der Waals surface area contributed by atoms with Crippen LogP contribution in [-0.2, 0) is 14.3 Å². The summed E-state index contributed by atoms with van der Waals surface area (Å²) < 4.78 is 29.5. The lowest BCUT2D eigenvalue weighted by molar-refractivity contribution is -0.139. The van der Waals surface area contributed by atoms with Crippen molar-refractivity contribution < 1.29 is 24.9 Å². The highest BCUT2D eigenvalue weighted by atomic mass is 16.5. The largest absolute Gasteiger partial charge is 0.480 e. The fraction of sp³-hybridized carbons (Fsp3) is 0.600. The van der Waals surface area contributed by atoms with E-state index in [0.29, 0.717) is 0 Å². The molecule has 0 aromatic carbocycles. The Labute approximate surface area is 69.7 Å². The molecule has 6 heteroatoms. The van der Waals surface area contributed by atoms with Gasteiger partial charge in [0, 0.05) is 0 Å². The molecule has 0 rings (SSSR count). The second-order valence-electron chi connectivity index (χ2n) is 1.09. The molecule has 66 valence electrons. The summed E-state index contributed by atoms with van der Waals surface area (Å²) in [5.41, 5.74) is 9.06. The van der Waals surface area contributed by atoms with Gasteiger partial charge in [-0.25, -0.2) is 0 Å². The summed E-state index contributed by atoms with van der Waals surface area (Å²) >= 11 is 0. The van der Waals surface area contributed by atoms with E-state index in [4.69, 9.17) is 10.6 Å². The molecule has 0 aliphatic carbocycles. The van der Waals surface area contributed by atoms with E-state index in [2.05, 4.69) is 16.2 Å². The summed E-state index contributed by atoms with van der Waals surface area (Å²) in [5.74, 6) is -2.70. The maximum absolute atomic E-state index is 10.1. The van der Waals surface area contributed by atoms with Crippen molar-refractivity contribution >= 4 is 11.9 Å². The Morgan fingerprint density at radius 2 is 1.91 bits per heavy atom.